The van der Waals surface area contributed by atoms with Crippen molar-refractivity contribution in [3.8, 4) is 0 Å². The van der Waals surface area contributed by atoms with E-state index in [1.165, 1.54) is 36.8 Å². The van der Waals surface area contributed by atoms with Crippen LogP contribution < -0.4 is 10.2 Å². The van der Waals surface area contributed by atoms with E-state index < -0.39 is 0 Å². The molecule has 7 nitrogen and oxygen atoms in total. The van der Waals surface area contributed by atoms with Crippen LogP contribution in [-0.4, -0.2) is 57.3 Å². The molecule has 0 aliphatic carbocycles. The topological polar surface area (TPSA) is 73.0 Å². The minimum Gasteiger partial charge on any atom is -0.356 e. The van der Waals surface area contributed by atoms with Gasteiger partial charge in [0.25, 0.3) is 0 Å². The zero-order valence-electron chi connectivity index (χ0n) is 19.8. The fourth-order valence-corrected chi connectivity index (χ4v) is 5.37. The predicted molar refractivity (Wildman–Crippen MR) is 133 cm³/mol. The molecule has 33 heavy (non-hydrogen) atoms. The summed E-state index contributed by atoms with van der Waals surface area (Å²) in [5, 5.41) is 11.3. The summed E-state index contributed by atoms with van der Waals surface area (Å²) < 4.78 is 0. The van der Waals surface area contributed by atoms with Gasteiger partial charge in [0.05, 0.1) is 11.7 Å². The molecule has 0 radical (unpaired) electrons. The fourth-order valence-electron chi connectivity index (χ4n) is 5.37. The zero-order chi connectivity index (χ0) is 22.6. The van der Waals surface area contributed by atoms with Gasteiger partial charge < -0.3 is 10.2 Å². The first-order valence-electron chi connectivity index (χ1n) is 12.3. The van der Waals surface area contributed by atoms with Gasteiger partial charge in [-0.3, -0.25) is 10.00 Å². The first-order valence-corrected chi connectivity index (χ1v) is 12.3. The predicted octanol–water partition coefficient (Wildman–Crippen LogP) is 4.47. The average molecular weight is 446 g/mol. The molecular formula is C26H35N7. The summed E-state index contributed by atoms with van der Waals surface area (Å²) >= 11 is 0. The highest BCUT2D eigenvalue weighted by Crippen LogP contribution is 2.35. The molecule has 0 spiro atoms. The van der Waals surface area contributed by atoms with Gasteiger partial charge in [-0.1, -0.05) is 43.2 Å². The Balaban J connectivity index is 1.32. The lowest BCUT2D eigenvalue weighted by Gasteiger charge is -2.29. The largest absolute Gasteiger partial charge is 0.356 e. The molecule has 2 N–H and O–H groups in total. The molecule has 1 aromatic carbocycles. The molecule has 7 heteroatoms. The second kappa shape index (κ2) is 9.91. The van der Waals surface area contributed by atoms with E-state index in [1.807, 2.05) is 12.3 Å². The van der Waals surface area contributed by atoms with Gasteiger partial charge in [-0.25, -0.2) is 4.98 Å². The molecular weight excluding hydrogens is 410 g/mol. The summed E-state index contributed by atoms with van der Waals surface area (Å²) in [7, 11) is 0. The normalized spacial score (nSPS) is 20.5. The van der Waals surface area contributed by atoms with Crippen LogP contribution in [-0.2, 0) is 0 Å². The number of nitrogens with one attached hydrogen (secondary N) is 2. The van der Waals surface area contributed by atoms with Crippen LogP contribution in [0.1, 0.15) is 60.7 Å². The Morgan fingerprint density at radius 3 is 2.52 bits per heavy atom. The smallest absolute Gasteiger partial charge is 0.224 e. The van der Waals surface area contributed by atoms with E-state index in [2.05, 4.69) is 74.5 Å². The SMILES string of the molecule is Cc1n[nH]c(C)c1C(c1ccccc1)N1CCC(Nc2nccc(N3CCCCCC3)n2)C1. The second-order valence-corrected chi connectivity index (χ2v) is 9.43. The highest BCUT2D eigenvalue weighted by atomic mass is 15.3. The van der Waals surface area contributed by atoms with Crippen LogP contribution in [0.5, 0.6) is 0 Å². The number of likely N-dealkylation sites (tertiary alicyclic amines) is 1. The van der Waals surface area contributed by atoms with Gasteiger partial charge in [0.1, 0.15) is 5.82 Å². The van der Waals surface area contributed by atoms with Crippen molar-refractivity contribution in [3.63, 3.8) is 0 Å². The number of benzene rings is 1. The van der Waals surface area contributed by atoms with E-state index in [0.29, 0.717) is 6.04 Å². The second-order valence-electron chi connectivity index (χ2n) is 9.43. The van der Waals surface area contributed by atoms with E-state index in [0.717, 1.165) is 55.8 Å². The maximum Gasteiger partial charge on any atom is 0.224 e. The lowest BCUT2D eigenvalue weighted by atomic mass is 9.96. The number of aryl methyl sites for hydroxylation is 2. The molecule has 2 aliphatic rings. The van der Waals surface area contributed by atoms with Crippen LogP contribution in [0.25, 0.3) is 0 Å². The minimum absolute atomic E-state index is 0.195. The van der Waals surface area contributed by atoms with E-state index in [4.69, 9.17) is 4.98 Å². The number of H-pyrrole nitrogens is 1. The first kappa shape index (κ1) is 21.9. The maximum absolute atomic E-state index is 4.88. The molecule has 2 aromatic heterocycles. The van der Waals surface area contributed by atoms with Crippen molar-refractivity contribution < 1.29 is 0 Å². The van der Waals surface area contributed by atoms with Crippen molar-refractivity contribution in [2.24, 2.45) is 0 Å². The van der Waals surface area contributed by atoms with Gasteiger partial charge >= 0.3 is 0 Å². The Kier molecular flexibility index (Phi) is 6.58. The van der Waals surface area contributed by atoms with Crippen molar-refractivity contribution in [2.45, 2.75) is 58.0 Å². The summed E-state index contributed by atoms with van der Waals surface area (Å²) in [6.07, 6.45) is 8.10. The Labute approximate surface area is 196 Å². The fraction of sp³-hybridized carbons (Fsp3) is 0.500. The molecule has 0 amide bonds. The van der Waals surface area contributed by atoms with Crippen LogP contribution in [0.3, 0.4) is 0 Å². The number of rotatable bonds is 6. The molecule has 5 rings (SSSR count). The molecule has 2 atom stereocenters. The van der Waals surface area contributed by atoms with Gasteiger partial charge in [0, 0.05) is 49.7 Å². The summed E-state index contributed by atoms with van der Waals surface area (Å²) in [5.74, 6) is 1.80. The monoisotopic (exact) mass is 445 g/mol. The summed E-state index contributed by atoms with van der Waals surface area (Å²) in [6, 6.07) is 13.4. The van der Waals surface area contributed by atoms with Gasteiger partial charge in [0.2, 0.25) is 5.95 Å². The minimum atomic E-state index is 0.195. The number of anilines is 2. The van der Waals surface area contributed by atoms with E-state index in [-0.39, 0.29) is 6.04 Å². The third-order valence-corrected chi connectivity index (χ3v) is 7.06. The number of hydrogen-bond donors (Lipinski definition) is 2. The Morgan fingerprint density at radius 2 is 1.79 bits per heavy atom. The molecule has 2 fully saturated rings. The Hall–Kier alpha value is -2.93. The number of aromatic amines is 1. The maximum atomic E-state index is 4.88. The van der Waals surface area contributed by atoms with Crippen LogP contribution in [0.15, 0.2) is 42.6 Å². The van der Waals surface area contributed by atoms with Gasteiger partial charge in [0.15, 0.2) is 0 Å². The van der Waals surface area contributed by atoms with Crippen LogP contribution in [0, 0.1) is 13.8 Å². The molecule has 2 saturated heterocycles. The first-order chi connectivity index (χ1) is 16.2. The van der Waals surface area contributed by atoms with E-state index >= 15 is 0 Å². The molecule has 4 heterocycles. The average Bonchev–Trinajstić information content (AvgIpc) is 3.30. The molecule has 0 saturated carbocycles. The standard InChI is InChI=1S/C26H35N7/c1-19-24(20(2)31-30-19)25(21-10-6-5-7-11-21)33-17-13-22(18-33)28-26-27-14-12-23(29-26)32-15-8-3-4-9-16-32/h5-7,10-12,14,22,25H,3-4,8-9,13,15-18H2,1-2H3,(H,30,31)(H,27,28,29). The quantitative estimate of drug-likeness (QED) is 0.583. The highest BCUT2D eigenvalue weighted by Gasteiger charge is 2.33. The number of nitrogens with zero attached hydrogens (tertiary/aromatic N) is 5. The summed E-state index contributed by atoms with van der Waals surface area (Å²) in [4.78, 5) is 14.4. The summed E-state index contributed by atoms with van der Waals surface area (Å²) in [6.45, 7) is 8.38. The summed E-state index contributed by atoms with van der Waals surface area (Å²) in [5.41, 5.74) is 4.82. The van der Waals surface area contributed by atoms with Crippen LogP contribution >= 0.6 is 0 Å². The van der Waals surface area contributed by atoms with Gasteiger partial charge in [-0.2, -0.15) is 10.1 Å². The van der Waals surface area contributed by atoms with Gasteiger partial charge in [-0.05, 0) is 44.7 Å². The molecule has 3 aromatic rings. The molecule has 174 valence electrons. The van der Waals surface area contributed by atoms with Crippen molar-refractivity contribution >= 4 is 11.8 Å². The van der Waals surface area contributed by atoms with E-state index in [1.54, 1.807) is 0 Å². The Morgan fingerprint density at radius 1 is 1.00 bits per heavy atom. The van der Waals surface area contributed by atoms with Crippen molar-refractivity contribution in [1.29, 1.82) is 0 Å². The van der Waals surface area contributed by atoms with Gasteiger partial charge in [-0.15, -0.1) is 0 Å². The highest BCUT2D eigenvalue weighted by molar-refractivity contribution is 5.43. The lowest BCUT2D eigenvalue weighted by Crippen LogP contribution is -2.31. The van der Waals surface area contributed by atoms with Crippen LogP contribution in [0.2, 0.25) is 0 Å². The van der Waals surface area contributed by atoms with Crippen molar-refractivity contribution in [1.82, 2.24) is 25.1 Å². The molecule has 2 aliphatic heterocycles. The number of aromatic nitrogens is 4. The van der Waals surface area contributed by atoms with Crippen molar-refractivity contribution in [3.05, 3.63) is 65.1 Å². The zero-order valence-corrected chi connectivity index (χ0v) is 19.8. The third-order valence-electron chi connectivity index (χ3n) is 7.06. The van der Waals surface area contributed by atoms with Crippen molar-refractivity contribution in [2.75, 3.05) is 36.4 Å². The number of hydrogen-bond acceptors (Lipinski definition) is 6. The molecule has 2 unspecified atom stereocenters. The lowest BCUT2D eigenvalue weighted by molar-refractivity contribution is 0.277. The van der Waals surface area contributed by atoms with Crippen LogP contribution in [0.4, 0.5) is 11.8 Å². The Bertz CT molecular complexity index is 1020. The van der Waals surface area contributed by atoms with E-state index in [9.17, 15) is 0 Å². The third kappa shape index (κ3) is 4.88. The molecule has 0 bridgehead atoms.